The van der Waals surface area contributed by atoms with Crippen molar-refractivity contribution in [2.45, 2.75) is 13.8 Å². The zero-order valence-electron chi connectivity index (χ0n) is 9.27. The summed E-state index contributed by atoms with van der Waals surface area (Å²) in [6, 6.07) is 0. The summed E-state index contributed by atoms with van der Waals surface area (Å²) in [6.45, 7) is 5.14. The van der Waals surface area contributed by atoms with E-state index in [4.69, 9.17) is 10.5 Å². The van der Waals surface area contributed by atoms with Crippen LogP contribution in [0.4, 0.5) is 5.95 Å². The molecular formula is C9H14N6O. The van der Waals surface area contributed by atoms with Crippen molar-refractivity contribution in [2.24, 2.45) is 0 Å². The van der Waals surface area contributed by atoms with Gasteiger partial charge in [0.05, 0.1) is 6.61 Å². The number of nitrogens with zero attached hydrogens (tertiary/aromatic N) is 4. The maximum Gasteiger partial charge on any atom is 0.247 e. The zero-order valence-corrected chi connectivity index (χ0v) is 9.27. The first-order valence-electron chi connectivity index (χ1n) is 5.13. The Morgan fingerprint density at radius 1 is 1.44 bits per heavy atom. The largest absolute Gasteiger partial charge is 0.476 e. The summed E-state index contributed by atoms with van der Waals surface area (Å²) < 4.78 is 7.06. The van der Waals surface area contributed by atoms with Gasteiger partial charge in [-0.3, -0.25) is 0 Å². The molecule has 2 aromatic rings. The van der Waals surface area contributed by atoms with Crippen molar-refractivity contribution in [3.63, 3.8) is 0 Å². The number of hydrogen-bond donors (Lipinski definition) is 2. The van der Waals surface area contributed by atoms with Crippen molar-refractivity contribution in [1.82, 2.24) is 19.6 Å². The summed E-state index contributed by atoms with van der Waals surface area (Å²) in [4.78, 5) is 12.3. The lowest BCUT2D eigenvalue weighted by atomic mass is 10.5. The van der Waals surface area contributed by atoms with E-state index in [2.05, 4.69) is 20.4 Å². The molecule has 2 heterocycles. The smallest absolute Gasteiger partial charge is 0.247 e. The van der Waals surface area contributed by atoms with Crippen LogP contribution in [0.5, 0.6) is 5.88 Å². The van der Waals surface area contributed by atoms with Gasteiger partial charge in [0.2, 0.25) is 11.8 Å². The van der Waals surface area contributed by atoms with Gasteiger partial charge in [-0.05, 0) is 13.8 Å². The summed E-state index contributed by atoms with van der Waals surface area (Å²) in [5.74, 6) is 0.595. The van der Waals surface area contributed by atoms with Crippen LogP contribution in [-0.2, 0) is 0 Å². The molecule has 2 rings (SSSR count). The monoisotopic (exact) mass is 222 g/mol. The van der Waals surface area contributed by atoms with Crippen LogP contribution in [-0.4, -0.2) is 32.8 Å². The second kappa shape index (κ2) is 4.21. The Kier molecular flexibility index (Phi) is 2.76. The summed E-state index contributed by atoms with van der Waals surface area (Å²) in [5.41, 5.74) is 9.92. The van der Waals surface area contributed by atoms with Gasteiger partial charge in [-0.25, -0.2) is 9.66 Å². The van der Waals surface area contributed by atoms with Crippen LogP contribution in [0.3, 0.4) is 0 Å². The lowest BCUT2D eigenvalue weighted by Crippen LogP contribution is -2.13. The number of anilines is 1. The summed E-state index contributed by atoms with van der Waals surface area (Å²) in [6.07, 6.45) is 1.63. The van der Waals surface area contributed by atoms with E-state index in [1.54, 1.807) is 11.0 Å². The SMILES string of the molecule is CCNn1cnc2c(OCC)nc(N)nc21. The van der Waals surface area contributed by atoms with Crippen molar-refractivity contribution >= 4 is 17.1 Å². The van der Waals surface area contributed by atoms with E-state index in [0.29, 0.717) is 23.7 Å². The van der Waals surface area contributed by atoms with Crippen molar-refractivity contribution in [2.75, 3.05) is 24.3 Å². The summed E-state index contributed by atoms with van der Waals surface area (Å²) in [7, 11) is 0. The van der Waals surface area contributed by atoms with Crippen LogP contribution < -0.4 is 15.9 Å². The molecule has 0 fully saturated rings. The Hall–Kier alpha value is -2.05. The average Bonchev–Trinajstić information content (AvgIpc) is 2.63. The Morgan fingerprint density at radius 3 is 2.94 bits per heavy atom. The molecule has 0 atom stereocenters. The Balaban J connectivity index is 2.56. The summed E-state index contributed by atoms with van der Waals surface area (Å²) in [5, 5.41) is 0. The molecule has 0 saturated carbocycles. The highest BCUT2D eigenvalue weighted by atomic mass is 16.5. The first kappa shape index (κ1) is 10.5. The van der Waals surface area contributed by atoms with Gasteiger partial charge in [0.15, 0.2) is 11.2 Å². The molecule has 3 N–H and O–H groups in total. The van der Waals surface area contributed by atoms with Gasteiger partial charge in [0.1, 0.15) is 6.33 Å². The molecule has 0 radical (unpaired) electrons. The molecule has 0 bridgehead atoms. The molecule has 2 aromatic heterocycles. The van der Waals surface area contributed by atoms with E-state index in [1.807, 2.05) is 13.8 Å². The van der Waals surface area contributed by atoms with Crippen LogP contribution in [0, 0.1) is 0 Å². The number of ether oxygens (including phenoxy) is 1. The average molecular weight is 222 g/mol. The highest BCUT2D eigenvalue weighted by Gasteiger charge is 2.12. The summed E-state index contributed by atoms with van der Waals surface area (Å²) >= 11 is 0. The van der Waals surface area contributed by atoms with Crippen LogP contribution in [0.15, 0.2) is 6.33 Å². The molecule has 0 saturated heterocycles. The molecule has 0 aliphatic carbocycles. The van der Waals surface area contributed by atoms with Gasteiger partial charge in [0.25, 0.3) is 0 Å². The Morgan fingerprint density at radius 2 is 2.25 bits per heavy atom. The molecule has 0 aliphatic heterocycles. The van der Waals surface area contributed by atoms with Gasteiger partial charge < -0.3 is 15.9 Å². The zero-order chi connectivity index (χ0) is 11.5. The molecule has 0 spiro atoms. The van der Waals surface area contributed by atoms with Crippen LogP contribution in [0.2, 0.25) is 0 Å². The third kappa shape index (κ3) is 1.71. The predicted molar refractivity (Wildman–Crippen MR) is 60.8 cm³/mol. The molecule has 7 heteroatoms. The van der Waals surface area contributed by atoms with E-state index in [0.717, 1.165) is 6.54 Å². The molecule has 0 aliphatic rings. The second-order valence-corrected chi connectivity index (χ2v) is 3.12. The van der Waals surface area contributed by atoms with Crippen molar-refractivity contribution in [1.29, 1.82) is 0 Å². The van der Waals surface area contributed by atoms with Crippen LogP contribution in [0.25, 0.3) is 11.2 Å². The van der Waals surface area contributed by atoms with Crippen LogP contribution >= 0.6 is 0 Å². The minimum absolute atomic E-state index is 0.176. The van der Waals surface area contributed by atoms with E-state index in [9.17, 15) is 0 Å². The molecule has 16 heavy (non-hydrogen) atoms. The number of rotatable bonds is 4. The van der Waals surface area contributed by atoms with Crippen molar-refractivity contribution < 1.29 is 4.74 Å². The van der Waals surface area contributed by atoms with Gasteiger partial charge in [-0.1, -0.05) is 0 Å². The van der Waals surface area contributed by atoms with Gasteiger partial charge in [-0.15, -0.1) is 0 Å². The lowest BCUT2D eigenvalue weighted by molar-refractivity contribution is 0.331. The standard InChI is InChI=1S/C9H14N6O/c1-3-12-15-5-11-6-7(15)13-9(10)14-8(6)16-4-2/h5,12H,3-4H2,1-2H3,(H2,10,13,14). The number of nitrogens with two attached hydrogens (primary N) is 1. The number of fused-ring (bicyclic) bond motifs is 1. The van der Waals surface area contributed by atoms with Gasteiger partial charge in [0, 0.05) is 6.54 Å². The number of imidazole rings is 1. The number of nitrogens with one attached hydrogen (secondary N) is 1. The Bertz CT molecular complexity index is 494. The second-order valence-electron chi connectivity index (χ2n) is 3.12. The minimum atomic E-state index is 0.176. The molecule has 86 valence electrons. The first-order valence-corrected chi connectivity index (χ1v) is 5.13. The van der Waals surface area contributed by atoms with E-state index in [1.165, 1.54) is 0 Å². The molecular weight excluding hydrogens is 208 g/mol. The van der Waals surface area contributed by atoms with Crippen LogP contribution in [0.1, 0.15) is 13.8 Å². The fourth-order valence-electron chi connectivity index (χ4n) is 1.41. The highest BCUT2D eigenvalue weighted by molar-refractivity contribution is 5.77. The number of aromatic nitrogens is 4. The molecule has 7 nitrogen and oxygen atoms in total. The van der Waals surface area contributed by atoms with E-state index in [-0.39, 0.29) is 5.95 Å². The quantitative estimate of drug-likeness (QED) is 0.776. The molecule has 0 amide bonds. The lowest BCUT2D eigenvalue weighted by Gasteiger charge is -2.06. The van der Waals surface area contributed by atoms with E-state index < -0.39 is 0 Å². The third-order valence-corrected chi connectivity index (χ3v) is 1.99. The Labute approximate surface area is 92.6 Å². The maximum atomic E-state index is 5.61. The number of hydrogen-bond acceptors (Lipinski definition) is 6. The third-order valence-electron chi connectivity index (χ3n) is 1.99. The molecule has 0 aromatic carbocycles. The number of nitrogen functional groups attached to an aromatic ring is 1. The van der Waals surface area contributed by atoms with Gasteiger partial charge >= 0.3 is 0 Å². The van der Waals surface area contributed by atoms with Gasteiger partial charge in [-0.2, -0.15) is 9.97 Å². The topological polar surface area (TPSA) is 90.9 Å². The fourth-order valence-corrected chi connectivity index (χ4v) is 1.41. The van der Waals surface area contributed by atoms with Crippen molar-refractivity contribution in [3.05, 3.63) is 6.33 Å². The molecule has 0 unspecified atom stereocenters. The van der Waals surface area contributed by atoms with Crippen molar-refractivity contribution in [3.8, 4) is 5.88 Å². The fraction of sp³-hybridized carbons (Fsp3) is 0.444. The van der Waals surface area contributed by atoms with E-state index >= 15 is 0 Å². The maximum absolute atomic E-state index is 5.61. The normalized spacial score (nSPS) is 10.6. The highest BCUT2D eigenvalue weighted by Crippen LogP contribution is 2.20. The minimum Gasteiger partial charge on any atom is -0.476 e. The predicted octanol–water partition coefficient (Wildman–Crippen LogP) is 0.371. The first-order chi connectivity index (χ1) is 7.76.